The topological polar surface area (TPSA) is 29.5 Å². The van der Waals surface area contributed by atoms with E-state index >= 15 is 0 Å². The summed E-state index contributed by atoms with van der Waals surface area (Å²) in [5, 5.41) is 9.42. The lowest BCUT2D eigenvalue weighted by Crippen LogP contribution is -1.95. The Morgan fingerprint density at radius 2 is 1.32 bits per heavy atom. The van der Waals surface area contributed by atoms with Crippen LogP contribution in [-0.2, 0) is 6.61 Å². The van der Waals surface area contributed by atoms with E-state index in [1.54, 1.807) is 12.1 Å². The summed E-state index contributed by atoms with van der Waals surface area (Å²) in [5.74, 6) is 1.14. The van der Waals surface area contributed by atoms with Crippen LogP contribution in [0.3, 0.4) is 0 Å². The Bertz CT molecular complexity index is 1090. The maximum absolute atomic E-state index is 9.42. The van der Waals surface area contributed by atoms with Gasteiger partial charge in [0.05, 0.1) is 0 Å². The molecule has 0 bridgehead atoms. The predicted molar refractivity (Wildman–Crippen MR) is 115 cm³/mol. The third kappa shape index (κ3) is 3.04. The first-order valence-electron chi connectivity index (χ1n) is 9.29. The molecule has 2 nitrogen and oxygen atoms in total. The molecule has 4 aromatic rings. The molecule has 0 spiro atoms. The van der Waals surface area contributed by atoms with E-state index in [1.165, 1.54) is 25.8 Å². The average molecular weight is 385 g/mol. The largest absolute Gasteiger partial charge is 0.508 e. The van der Waals surface area contributed by atoms with Crippen LogP contribution in [0.2, 0.25) is 0 Å². The van der Waals surface area contributed by atoms with Gasteiger partial charge in [0.1, 0.15) is 18.1 Å². The summed E-state index contributed by atoms with van der Waals surface area (Å²) < 4.78 is 6.04. The molecule has 3 heteroatoms. The van der Waals surface area contributed by atoms with Gasteiger partial charge >= 0.3 is 0 Å². The lowest BCUT2D eigenvalue weighted by molar-refractivity contribution is 0.305. The summed E-state index contributed by atoms with van der Waals surface area (Å²) in [4.78, 5) is 4.12. The van der Waals surface area contributed by atoms with E-state index in [1.807, 2.05) is 18.2 Å². The smallest absolute Gasteiger partial charge is 0.120 e. The van der Waals surface area contributed by atoms with Crippen molar-refractivity contribution in [1.82, 2.24) is 0 Å². The second-order valence-corrected chi connectivity index (χ2v) is 8.97. The van der Waals surface area contributed by atoms with Crippen molar-refractivity contribution in [3.8, 4) is 22.6 Å². The Morgan fingerprint density at radius 3 is 2.00 bits per heavy atom. The van der Waals surface area contributed by atoms with E-state index < -0.39 is 10.9 Å². The van der Waals surface area contributed by atoms with Gasteiger partial charge in [-0.1, -0.05) is 54.6 Å². The van der Waals surface area contributed by atoms with Gasteiger partial charge in [-0.25, -0.2) is 0 Å². The molecule has 5 rings (SSSR count). The molecule has 0 saturated carbocycles. The summed E-state index contributed by atoms with van der Waals surface area (Å²) in [6.07, 6.45) is 0. The predicted octanol–water partition coefficient (Wildman–Crippen LogP) is 6.43. The minimum atomic E-state index is -0.570. The van der Waals surface area contributed by atoms with Gasteiger partial charge in [-0.2, -0.15) is 10.9 Å². The summed E-state index contributed by atoms with van der Waals surface area (Å²) in [6, 6.07) is 33.0. The van der Waals surface area contributed by atoms with Crippen LogP contribution in [0, 0.1) is 0 Å². The molecule has 0 aliphatic carbocycles. The Labute approximate surface area is 167 Å². The molecule has 1 aliphatic rings. The maximum Gasteiger partial charge on any atom is 0.120 e. The Morgan fingerprint density at radius 1 is 0.679 bits per heavy atom. The van der Waals surface area contributed by atoms with Crippen LogP contribution in [0.25, 0.3) is 11.1 Å². The van der Waals surface area contributed by atoms with Crippen LogP contribution in [0.5, 0.6) is 11.5 Å². The van der Waals surface area contributed by atoms with E-state index in [2.05, 4.69) is 66.7 Å². The van der Waals surface area contributed by atoms with Gasteiger partial charge < -0.3 is 9.84 Å². The first-order valence-corrected chi connectivity index (χ1v) is 10.6. The van der Waals surface area contributed by atoms with Crippen LogP contribution >= 0.6 is 10.9 Å². The summed E-state index contributed by atoms with van der Waals surface area (Å²) >= 11 is 0. The monoisotopic (exact) mass is 384 g/mol. The van der Waals surface area contributed by atoms with Crippen LogP contribution in [-0.4, -0.2) is 5.11 Å². The molecular formula is C25H20O2S. The van der Waals surface area contributed by atoms with Gasteiger partial charge in [-0.05, 0) is 64.1 Å². The zero-order valence-corrected chi connectivity index (χ0v) is 16.1. The first kappa shape index (κ1) is 17.0. The normalized spacial score (nSPS) is 13.1. The maximum atomic E-state index is 9.42. The van der Waals surface area contributed by atoms with Crippen LogP contribution < -0.4 is 4.74 Å². The highest BCUT2D eigenvalue weighted by molar-refractivity contribution is 8.17. The van der Waals surface area contributed by atoms with Gasteiger partial charge in [0.15, 0.2) is 0 Å². The van der Waals surface area contributed by atoms with Crippen LogP contribution in [0.4, 0.5) is 0 Å². The molecule has 1 N–H and O–H groups in total. The number of ether oxygens (including phenoxy) is 1. The van der Waals surface area contributed by atoms with Gasteiger partial charge in [0, 0.05) is 9.79 Å². The molecule has 0 radical (unpaired) electrons. The minimum absolute atomic E-state index is 0.270. The van der Waals surface area contributed by atoms with Crippen molar-refractivity contribution in [2.45, 2.75) is 21.3 Å². The molecule has 0 fully saturated rings. The molecule has 0 saturated heterocycles. The number of aromatic hydroxyl groups is 1. The number of fused-ring (bicyclic) bond motifs is 3. The van der Waals surface area contributed by atoms with Crippen molar-refractivity contribution in [1.29, 1.82) is 0 Å². The number of phenolic OH excluding ortho intramolecular Hbond substituents is 1. The molecule has 0 atom stereocenters. The zero-order chi connectivity index (χ0) is 18.9. The van der Waals surface area contributed by atoms with Crippen molar-refractivity contribution >= 4 is 10.9 Å². The van der Waals surface area contributed by atoms with Crippen molar-refractivity contribution in [3.05, 3.63) is 103 Å². The molecule has 0 aromatic heterocycles. The van der Waals surface area contributed by atoms with Gasteiger partial charge in [-0.15, -0.1) is 0 Å². The van der Waals surface area contributed by atoms with Crippen LogP contribution in [0.1, 0.15) is 5.56 Å². The third-order valence-corrected chi connectivity index (χ3v) is 7.54. The highest BCUT2D eigenvalue weighted by Crippen LogP contribution is 2.62. The summed E-state index contributed by atoms with van der Waals surface area (Å²) in [7, 11) is -0.570. The molecule has 138 valence electrons. The fourth-order valence-electron chi connectivity index (χ4n) is 3.67. The summed E-state index contributed by atoms with van der Waals surface area (Å²) in [6.45, 7) is 0.481. The molecule has 0 amide bonds. The highest BCUT2D eigenvalue weighted by Gasteiger charge is 2.26. The average Bonchev–Trinajstić information content (AvgIpc) is 3.08. The number of rotatable bonds is 4. The minimum Gasteiger partial charge on any atom is -0.508 e. The number of thiol groups is 1. The Kier molecular flexibility index (Phi) is 4.30. The second kappa shape index (κ2) is 7.10. The highest BCUT2D eigenvalue weighted by atomic mass is 32.2. The SMILES string of the molecule is Oc1ccc(COc2cccc([SH]3c4ccccc4-c4ccccc43)c2)cc1. The fraction of sp³-hybridized carbons (Fsp3) is 0.0400. The molecule has 0 unspecified atom stereocenters. The van der Waals surface area contributed by atoms with Gasteiger partial charge in [0.2, 0.25) is 0 Å². The zero-order valence-electron chi connectivity index (χ0n) is 15.2. The second-order valence-electron chi connectivity index (χ2n) is 6.82. The van der Waals surface area contributed by atoms with Crippen molar-refractivity contribution in [2.75, 3.05) is 0 Å². The Hall–Kier alpha value is -3.17. The van der Waals surface area contributed by atoms with E-state index in [0.717, 1.165) is 11.3 Å². The van der Waals surface area contributed by atoms with Crippen LogP contribution in [0.15, 0.2) is 112 Å². The van der Waals surface area contributed by atoms with Gasteiger partial charge in [0.25, 0.3) is 0 Å². The number of hydrogen-bond acceptors (Lipinski definition) is 2. The first-order chi connectivity index (χ1) is 13.8. The Balaban J connectivity index is 1.47. The third-order valence-electron chi connectivity index (χ3n) is 5.00. The number of hydrogen-bond donors (Lipinski definition) is 2. The quantitative estimate of drug-likeness (QED) is 0.350. The fourth-order valence-corrected chi connectivity index (χ4v) is 6.32. The number of benzene rings is 4. The lowest BCUT2D eigenvalue weighted by atomic mass is 10.1. The standard InChI is InChI=1S/C25H20O2S/c26-19-14-12-18(13-15-19)17-27-20-6-5-7-21(16-20)28-24-10-3-1-8-22(24)23-9-2-4-11-25(23)28/h1-16,26,28H,17H2. The van der Waals surface area contributed by atoms with Crippen molar-refractivity contribution in [3.63, 3.8) is 0 Å². The molecule has 4 aromatic carbocycles. The van der Waals surface area contributed by atoms with E-state index in [9.17, 15) is 5.11 Å². The molecular weight excluding hydrogens is 364 g/mol. The lowest BCUT2D eigenvalue weighted by Gasteiger charge is -2.20. The molecule has 28 heavy (non-hydrogen) atoms. The molecule has 1 aliphatic heterocycles. The van der Waals surface area contributed by atoms with Crippen molar-refractivity contribution in [2.24, 2.45) is 0 Å². The van der Waals surface area contributed by atoms with E-state index in [-0.39, 0.29) is 5.75 Å². The van der Waals surface area contributed by atoms with E-state index in [0.29, 0.717) is 6.61 Å². The molecule has 1 heterocycles. The van der Waals surface area contributed by atoms with Crippen molar-refractivity contribution < 1.29 is 9.84 Å². The number of phenols is 1. The van der Waals surface area contributed by atoms with E-state index in [4.69, 9.17) is 4.74 Å². The van der Waals surface area contributed by atoms with Gasteiger partial charge in [-0.3, -0.25) is 0 Å². The summed E-state index contributed by atoms with van der Waals surface area (Å²) in [5.41, 5.74) is 3.73.